The zero-order valence-electron chi connectivity index (χ0n) is 10.5. The number of fused-ring (bicyclic) bond motifs is 2. The Morgan fingerprint density at radius 3 is 2.47 bits per heavy atom. The van der Waals surface area contributed by atoms with Gasteiger partial charge in [0.15, 0.2) is 0 Å². The van der Waals surface area contributed by atoms with E-state index in [9.17, 15) is 13.2 Å². The SMILES string of the molecule is CC(C)S(=O)(=O)NC(=O)C[C@@H]1C[C@H]2CC[C@H]1C2. The lowest BCUT2D eigenvalue weighted by Gasteiger charge is -2.21. The monoisotopic (exact) mass is 259 g/mol. The molecule has 0 heterocycles. The quantitative estimate of drug-likeness (QED) is 0.835. The Hall–Kier alpha value is -0.580. The highest BCUT2D eigenvalue weighted by molar-refractivity contribution is 7.90. The first-order valence-corrected chi connectivity index (χ1v) is 7.97. The fraction of sp³-hybridized carbons (Fsp3) is 0.917. The third-order valence-corrected chi connectivity index (χ3v) is 5.96. The maximum Gasteiger partial charge on any atom is 0.237 e. The van der Waals surface area contributed by atoms with Crippen molar-refractivity contribution in [3.05, 3.63) is 0 Å². The van der Waals surface area contributed by atoms with Crippen molar-refractivity contribution in [2.24, 2.45) is 17.8 Å². The van der Waals surface area contributed by atoms with E-state index < -0.39 is 15.3 Å². The summed E-state index contributed by atoms with van der Waals surface area (Å²) in [4.78, 5) is 11.7. The molecule has 0 aromatic rings. The van der Waals surface area contributed by atoms with Crippen LogP contribution in [0.4, 0.5) is 0 Å². The number of carbonyl (C=O) groups excluding carboxylic acids is 1. The van der Waals surface area contributed by atoms with Crippen LogP contribution >= 0.6 is 0 Å². The molecule has 0 radical (unpaired) electrons. The highest BCUT2D eigenvalue weighted by Crippen LogP contribution is 2.49. The van der Waals surface area contributed by atoms with Gasteiger partial charge in [0.1, 0.15) is 0 Å². The van der Waals surface area contributed by atoms with Crippen molar-refractivity contribution in [2.75, 3.05) is 0 Å². The van der Waals surface area contributed by atoms with Crippen LogP contribution in [0.5, 0.6) is 0 Å². The Morgan fingerprint density at radius 2 is 2.00 bits per heavy atom. The van der Waals surface area contributed by atoms with E-state index in [1.165, 1.54) is 19.3 Å². The first-order chi connectivity index (χ1) is 7.88. The molecule has 3 atom stereocenters. The molecular weight excluding hydrogens is 238 g/mol. The summed E-state index contributed by atoms with van der Waals surface area (Å²) >= 11 is 0. The smallest absolute Gasteiger partial charge is 0.237 e. The number of carbonyl (C=O) groups is 1. The normalized spacial score (nSPS) is 32.1. The summed E-state index contributed by atoms with van der Waals surface area (Å²) < 4.78 is 25.3. The standard InChI is InChI=1S/C12H21NO3S/c1-8(2)17(15,16)13-12(14)7-11-6-9-3-4-10(11)5-9/h8-11H,3-7H2,1-2H3,(H,13,14)/t9-,10-,11-/m0/s1. The zero-order valence-corrected chi connectivity index (χ0v) is 11.3. The lowest BCUT2D eigenvalue weighted by Crippen LogP contribution is -2.37. The molecule has 98 valence electrons. The van der Waals surface area contributed by atoms with Crippen molar-refractivity contribution in [3.63, 3.8) is 0 Å². The fourth-order valence-corrected chi connectivity index (χ4v) is 3.82. The van der Waals surface area contributed by atoms with Crippen molar-refractivity contribution >= 4 is 15.9 Å². The molecule has 2 rings (SSSR count). The molecular formula is C12H21NO3S. The van der Waals surface area contributed by atoms with Crippen LogP contribution in [0.25, 0.3) is 0 Å². The third-order valence-electron chi connectivity index (χ3n) is 4.21. The van der Waals surface area contributed by atoms with Crippen molar-refractivity contribution in [3.8, 4) is 0 Å². The van der Waals surface area contributed by atoms with E-state index in [-0.39, 0.29) is 5.91 Å². The molecule has 2 saturated carbocycles. The molecule has 2 aliphatic rings. The molecule has 4 nitrogen and oxygen atoms in total. The van der Waals surface area contributed by atoms with Crippen LogP contribution in [0, 0.1) is 17.8 Å². The topological polar surface area (TPSA) is 63.2 Å². The van der Waals surface area contributed by atoms with Crippen molar-refractivity contribution in [1.29, 1.82) is 0 Å². The minimum atomic E-state index is -3.45. The van der Waals surface area contributed by atoms with Crippen LogP contribution in [0.2, 0.25) is 0 Å². The van der Waals surface area contributed by atoms with Crippen molar-refractivity contribution in [2.45, 2.75) is 51.2 Å². The van der Waals surface area contributed by atoms with E-state index in [0.717, 1.165) is 12.3 Å². The maximum atomic E-state index is 11.7. The van der Waals surface area contributed by atoms with Crippen molar-refractivity contribution < 1.29 is 13.2 Å². The molecule has 0 aromatic heterocycles. The predicted octanol–water partition coefficient (Wildman–Crippen LogP) is 1.67. The fourth-order valence-electron chi connectivity index (χ4n) is 3.18. The Balaban J connectivity index is 1.86. The Labute approximate surface area is 103 Å². The first-order valence-electron chi connectivity index (χ1n) is 6.43. The van der Waals surface area contributed by atoms with Gasteiger partial charge in [0, 0.05) is 6.42 Å². The summed E-state index contributed by atoms with van der Waals surface area (Å²) in [5, 5.41) is -0.550. The van der Waals surface area contributed by atoms with Crippen LogP contribution in [0.3, 0.4) is 0 Å². The third kappa shape index (κ3) is 2.81. The predicted molar refractivity (Wildman–Crippen MR) is 65.8 cm³/mol. The van der Waals surface area contributed by atoms with Crippen LogP contribution in [-0.4, -0.2) is 19.6 Å². The molecule has 0 spiro atoms. The largest absolute Gasteiger partial charge is 0.274 e. The molecule has 0 aromatic carbocycles. The summed E-state index contributed by atoms with van der Waals surface area (Å²) in [5.74, 6) is 1.54. The van der Waals surface area contributed by atoms with E-state index in [4.69, 9.17) is 0 Å². The number of amides is 1. The number of nitrogens with one attached hydrogen (secondary N) is 1. The van der Waals surface area contributed by atoms with E-state index in [1.807, 2.05) is 0 Å². The highest BCUT2D eigenvalue weighted by Gasteiger charge is 2.40. The average molecular weight is 259 g/mol. The molecule has 1 N–H and O–H groups in total. The average Bonchev–Trinajstić information content (AvgIpc) is 2.77. The van der Waals surface area contributed by atoms with Gasteiger partial charge in [0.2, 0.25) is 15.9 Å². The van der Waals surface area contributed by atoms with Gasteiger partial charge in [-0.05, 0) is 50.9 Å². The summed E-state index contributed by atoms with van der Waals surface area (Å²) in [7, 11) is -3.45. The Kier molecular flexibility index (Phi) is 3.48. The van der Waals surface area contributed by atoms with Crippen LogP contribution in [-0.2, 0) is 14.8 Å². The molecule has 2 fully saturated rings. The van der Waals surface area contributed by atoms with Crippen LogP contribution < -0.4 is 4.72 Å². The number of rotatable bonds is 4. The van der Waals surface area contributed by atoms with E-state index in [1.54, 1.807) is 13.8 Å². The van der Waals surface area contributed by atoms with Gasteiger partial charge in [-0.2, -0.15) is 0 Å². The lowest BCUT2D eigenvalue weighted by molar-refractivity contribution is -0.120. The van der Waals surface area contributed by atoms with Gasteiger partial charge in [-0.25, -0.2) is 8.42 Å². The Morgan fingerprint density at radius 1 is 1.29 bits per heavy atom. The zero-order chi connectivity index (χ0) is 12.6. The van der Waals surface area contributed by atoms with Crippen LogP contribution in [0.1, 0.15) is 46.0 Å². The Bertz CT molecular complexity index is 402. The van der Waals surface area contributed by atoms with Gasteiger partial charge in [0.05, 0.1) is 5.25 Å². The van der Waals surface area contributed by atoms with E-state index >= 15 is 0 Å². The number of hydrogen-bond acceptors (Lipinski definition) is 3. The molecule has 17 heavy (non-hydrogen) atoms. The van der Waals surface area contributed by atoms with Crippen LogP contribution in [0.15, 0.2) is 0 Å². The molecule has 5 heteroatoms. The molecule has 0 aliphatic heterocycles. The molecule has 2 bridgehead atoms. The molecule has 2 aliphatic carbocycles. The second-order valence-corrected chi connectivity index (χ2v) is 8.00. The summed E-state index contributed by atoms with van der Waals surface area (Å²) in [6.45, 7) is 3.15. The molecule has 1 amide bonds. The summed E-state index contributed by atoms with van der Waals surface area (Å²) in [6, 6.07) is 0. The molecule has 0 unspecified atom stereocenters. The van der Waals surface area contributed by atoms with Gasteiger partial charge in [-0.1, -0.05) is 6.42 Å². The highest BCUT2D eigenvalue weighted by atomic mass is 32.2. The van der Waals surface area contributed by atoms with E-state index in [0.29, 0.717) is 18.3 Å². The van der Waals surface area contributed by atoms with Gasteiger partial charge in [0.25, 0.3) is 0 Å². The van der Waals surface area contributed by atoms with Gasteiger partial charge < -0.3 is 0 Å². The second-order valence-electron chi connectivity index (χ2n) is 5.76. The van der Waals surface area contributed by atoms with E-state index in [2.05, 4.69) is 4.72 Å². The number of hydrogen-bond donors (Lipinski definition) is 1. The summed E-state index contributed by atoms with van der Waals surface area (Å²) in [5.41, 5.74) is 0. The lowest BCUT2D eigenvalue weighted by atomic mass is 9.86. The summed E-state index contributed by atoms with van der Waals surface area (Å²) in [6.07, 6.45) is 5.26. The second kappa shape index (κ2) is 4.59. The minimum Gasteiger partial charge on any atom is -0.274 e. The minimum absolute atomic E-state index is 0.323. The van der Waals surface area contributed by atoms with Crippen molar-refractivity contribution in [1.82, 2.24) is 4.72 Å². The van der Waals surface area contributed by atoms with Gasteiger partial charge in [-0.3, -0.25) is 9.52 Å². The van der Waals surface area contributed by atoms with Gasteiger partial charge >= 0.3 is 0 Å². The number of sulfonamides is 1. The molecule has 0 saturated heterocycles. The van der Waals surface area contributed by atoms with Gasteiger partial charge in [-0.15, -0.1) is 0 Å². The first kappa shape index (κ1) is 12.9. The maximum absolute atomic E-state index is 11.7.